The van der Waals surface area contributed by atoms with Gasteiger partial charge in [-0.3, -0.25) is 9.59 Å². The monoisotopic (exact) mass is 305 g/mol. The summed E-state index contributed by atoms with van der Waals surface area (Å²) in [5.74, 6) is 0.169. The van der Waals surface area contributed by atoms with Gasteiger partial charge in [0.25, 0.3) is 0 Å². The fourth-order valence-electron chi connectivity index (χ4n) is 2.27. The zero-order chi connectivity index (χ0) is 14.6. The summed E-state index contributed by atoms with van der Waals surface area (Å²) < 4.78 is 0. The molecule has 1 unspecified atom stereocenters. The van der Waals surface area contributed by atoms with Crippen molar-refractivity contribution in [2.45, 2.75) is 46.6 Å². The Morgan fingerprint density at radius 1 is 1.10 bits per heavy atom. The number of carbonyl (C=O) groups is 2. The Morgan fingerprint density at radius 3 is 1.95 bits per heavy atom. The standard InChI is InChI=1S/C14H27N3O2.ClH/c1-5-6-11(15)12(18)16-7-9-17(10-8-16)13(19)14(2,3)4;/h11H,5-10,15H2,1-4H3;1H. The Kier molecular flexibility index (Phi) is 7.52. The van der Waals surface area contributed by atoms with Crippen LogP contribution in [0, 0.1) is 5.41 Å². The molecule has 5 nitrogen and oxygen atoms in total. The average Bonchev–Trinajstić information content (AvgIpc) is 2.36. The van der Waals surface area contributed by atoms with Crippen molar-refractivity contribution in [3.05, 3.63) is 0 Å². The van der Waals surface area contributed by atoms with Crippen molar-refractivity contribution in [2.24, 2.45) is 11.1 Å². The first-order chi connectivity index (χ1) is 8.77. The topological polar surface area (TPSA) is 66.6 Å². The molecule has 0 spiro atoms. The summed E-state index contributed by atoms with van der Waals surface area (Å²) in [6.45, 7) is 10.2. The van der Waals surface area contributed by atoms with E-state index >= 15 is 0 Å². The zero-order valence-electron chi connectivity index (χ0n) is 13.0. The van der Waals surface area contributed by atoms with Crippen molar-refractivity contribution in [1.29, 1.82) is 0 Å². The molecular formula is C14H28ClN3O2. The van der Waals surface area contributed by atoms with Crippen LogP contribution in [-0.4, -0.2) is 53.8 Å². The van der Waals surface area contributed by atoms with E-state index in [9.17, 15) is 9.59 Å². The van der Waals surface area contributed by atoms with Crippen molar-refractivity contribution in [1.82, 2.24) is 9.80 Å². The summed E-state index contributed by atoms with van der Waals surface area (Å²) in [5.41, 5.74) is 5.49. The molecule has 1 aliphatic heterocycles. The molecule has 0 aromatic rings. The normalized spacial score (nSPS) is 17.4. The summed E-state index contributed by atoms with van der Waals surface area (Å²) in [6.07, 6.45) is 1.63. The van der Waals surface area contributed by atoms with E-state index in [-0.39, 0.29) is 29.6 Å². The van der Waals surface area contributed by atoms with Crippen molar-refractivity contribution in [3.8, 4) is 0 Å². The van der Waals surface area contributed by atoms with Gasteiger partial charge in [0.1, 0.15) is 0 Å². The van der Waals surface area contributed by atoms with Gasteiger partial charge in [0, 0.05) is 31.6 Å². The molecule has 0 aromatic heterocycles. The first kappa shape index (κ1) is 19.2. The minimum atomic E-state index is -0.394. The Labute approximate surface area is 128 Å². The zero-order valence-corrected chi connectivity index (χ0v) is 13.8. The van der Waals surface area contributed by atoms with E-state index in [0.29, 0.717) is 26.2 Å². The molecule has 0 saturated carbocycles. The minimum Gasteiger partial charge on any atom is -0.339 e. The highest BCUT2D eigenvalue weighted by molar-refractivity contribution is 5.85. The Hall–Kier alpha value is -0.810. The molecule has 2 amide bonds. The van der Waals surface area contributed by atoms with Gasteiger partial charge < -0.3 is 15.5 Å². The summed E-state index contributed by atoms with van der Waals surface area (Å²) in [4.78, 5) is 27.8. The lowest BCUT2D eigenvalue weighted by Gasteiger charge is -2.38. The van der Waals surface area contributed by atoms with E-state index < -0.39 is 6.04 Å². The van der Waals surface area contributed by atoms with Crippen LogP contribution in [-0.2, 0) is 9.59 Å². The summed E-state index contributed by atoms with van der Waals surface area (Å²) in [5, 5.41) is 0. The number of nitrogens with zero attached hydrogens (tertiary/aromatic N) is 2. The number of halogens is 1. The third kappa shape index (κ3) is 4.94. The van der Waals surface area contributed by atoms with E-state index in [0.717, 1.165) is 12.8 Å². The number of amides is 2. The van der Waals surface area contributed by atoms with E-state index in [2.05, 4.69) is 0 Å². The molecule has 118 valence electrons. The maximum atomic E-state index is 12.1. The van der Waals surface area contributed by atoms with Gasteiger partial charge in [-0.2, -0.15) is 0 Å². The maximum absolute atomic E-state index is 12.1. The highest BCUT2D eigenvalue weighted by atomic mass is 35.5. The van der Waals surface area contributed by atoms with Crippen LogP contribution < -0.4 is 5.73 Å². The molecular weight excluding hydrogens is 278 g/mol. The maximum Gasteiger partial charge on any atom is 0.239 e. The van der Waals surface area contributed by atoms with Gasteiger partial charge in [0.2, 0.25) is 11.8 Å². The SMILES string of the molecule is CCCC(N)C(=O)N1CCN(C(=O)C(C)(C)C)CC1.Cl. The van der Waals surface area contributed by atoms with Crippen LogP contribution in [0.15, 0.2) is 0 Å². The van der Waals surface area contributed by atoms with Crippen LogP contribution in [0.4, 0.5) is 0 Å². The lowest BCUT2D eigenvalue weighted by Crippen LogP contribution is -2.55. The molecule has 1 aliphatic rings. The predicted molar refractivity (Wildman–Crippen MR) is 82.7 cm³/mol. The number of carbonyl (C=O) groups excluding carboxylic acids is 2. The highest BCUT2D eigenvalue weighted by Gasteiger charge is 2.31. The Morgan fingerprint density at radius 2 is 1.55 bits per heavy atom. The van der Waals surface area contributed by atoms with Gasteiger partial charge in [0.05, 0.1) is 6.04 Å². The number of hydrogen-bond donors (Lipinski definition) is 1. The van der Waals surface area contributed by atoms with Crippen molar-refractivity contribution in [2.75, 3.05) is 26.2 Å². The molecule has 2 N–H and O–H groups in total. The molecule has 1 heterocycles. The minimum absolute atomic E-state index is 0. The summed E-state index contributed by atoms with van der Waals surface area (Å²) in [7, 11) is 0. The van der Waals surface area contributed by atoms with Crippen LogP contribution in [0.3, 0.4) is 0 Å². The summed E-state index contributed by atoms with van der Waals surface area (Å²) in [6, 6.07) is -0.394. The van der Waals surface area contributed by atoms with Gasteiger partial charge >= 0.3 is 0 Å². The van der Waals surface area contributed by atoms with E-state index in [4.69, 9.17) is 5.73 Å². The second kappa shape index (κ2) is 7.84. The third-order valence-electron chi connectivity index (χ3n) is 3.44. The van der Waals surface area contributed by atoms with Crippen LogP contribution >= 0.6 is 12.4 Å². The first-order valence-electron chi connectivity index (χ1n) is 7.11. The van der Waals surface area contributed by atoms with Crippen molar-refractivity contribution >= 4 is 24.2 Å². The van der Waals surface area contributed by atoms with E-state index in [1.54, 1.807) is 4.90 Å². The molecule has 20 heavy (non-hydrogen) atoms. The largest absolute Gasteiger partial charge is 0.339 e. The molecule has 1 atom stereocenters. The number of piperazine rings is 1. The van der Waals surface area contributed by atoms with Crippen LogP contribution in [0.5, 0.6) is 0 Å². The van der Waals surface area contributed by atoms with Gasteiger partial charge in [-0.1, -0.05) is 34.1 Å². The third-order valence-corrected chi connectivity index (χ3v) is 3.44. The fourth-order valence-corrected chi connectivity index (χ4v) is 2.27. The number of rotatable bonds is 3. The lowest BCUT2D eigenvalue weighted by molar-refractivity contribution is -0.145. The average molecular weight is 306 g/mol. The number of nitrogens with two attached hydrogens (primary N) is 1. The Bertz CT molecular complexity index is 334. The van der Waals surface area contributed by atoms with Crippen molar-refractivity contribution in [3.63, 3.8) is 0 Å². The summed E-state index contributed by atoms with van der Waals surface area (Å²) >= 11 is 0. The van der Waals surface area contributed by atoms with Gasteiger partial charge in [-0.25, -0.2) is 0 Å². The molecule has 1 fully saturated rings. The van der Waals surface area contributed by atoms with Crippen LogP contribution in [0.2, 0.25) is 0 Å². The fraction of sp³-hybridized carbons (Fsp3) is 0.857. The van der Waals surface area contributed by atoms with Crippen molar-refractivity contribution < 1.29 is 9.59 Å². The molecule has 0 radical (unpaired) electrons. The van der Waals surface area contributed by atoms with Gasteiger partial charge in [-0.15, -0.1) is 12.4 Å². The molecule has 1 rings (SSSR count). The predicted octanol–water partition coefficient (Wildman–Crippen LogP) is 1.25. The quantitative estimate of drug-likeness (QED) is 0.853. The second-order valence-electron chi connectivity index (χ2n) is 6.26. The number of hydrogen-bond acceptors (Lipinski definition) is 3. The molecule has 6 heteroatoms. The van der Waals surface area contributed by atoms with E-state index in [1.807, 2.05) is 32.6 Å². The molecule has 0 aromatic carbocycles. The highest BCUT2D eigenvalue weighted by Crippen LogP contribution is 2.18. The van der Waals surface area contributed by atoms with E-state index in [1.165, 1.54) is 0 Å². The Balaban J connectivity index is 0.00000361. The lowest BCUT2D eigenvalue weighted by atomic mass is 9.94. The molecule has 0 bridgehead atoms. The van der Waals surface area contributed by atoms with Gasteiger partial charge in [-0.05, 0) is 6.42 Å². The van der Waals surface area contributed by atoms with Crippen LogP contribution in [0.1, 0.15) is 40.5 Å². The molecule has 0 aliphatic carbocycles. The first-order valence-corrected chi connectivity index (χ1v) is 7.11. The van der Waals surface area contributed by atoms with Crippen LogP contribution in [0.25, 0.3) is 0 Å². The molecule has 1 saturated heterocycles. The van der Waals surface area contributed by atoms with Gasteiger partial charge in [0.15, 0.2) is 0 Å². The smallest absolute Gasteiger partial charge is 0.239 e. The second-order valence-corrected chi connectivity index (χ2v) is 6.26.